The van der Waals surface area contributed by atoms with Crippen molar-refractivity contribution in [2.45, 2.75) is 6.54 Å². The van der Waals surface area contributed by atoms with Crippen molar-refractivity contribution in [2.75, 3.05) is 0 Å². The number of non-ortho nitro benzene ring substituents is 1. The summed E-state index contributed by atoms with van der Waals surface area (Å²) in [5, 5.41) is 11.4. The van der Waals surface area contributed by atoms with Crippen molar-refractivity contribution >= 4 is 17.3 Å². The first-order chi connectivity index (χ1) is 10.6. The summed E-state index contributed by atoms with van der Waals surface area (Å²) in [6.07, 6.45) is 0. The van der Waals surface area contributed by atoms with Crippen LogP contribution in [-0.2, 0) is 6.54 Å². The highest BCUT2D eigenvalue weighted by Crippen LogP contribution is 2.27. The van der Waals surface area contributed by atoms with Gasteiger partial charge in [0.1, 0.15) is 5.15 Å². The van der Waals surface area contributed by atoms with E-state index in [-0.39, 0.29) is 5.69 Å². The lowest BCUT2D eigenvalue weighted by molar-refractivity contribution is -0.384. The molecule has 0 bridgehead atoms. The van der Waals surface area contributed by atoms with Crippen LogP contribution in [0.25, 0.3) is 11.3 Å². The molecule has 3 rings (SSSR count). The monoisotopic (exact) mass is 312 g/mol. The van der Waals surface area contributed by atoms with Crippen LogP contribution in [0.15, 0.2) is 66.7 Å². The molecular weight excluding hydrogens is 300 g/mol. The number of rotatable bonds is 4. The summed E-state index contributed by atoms with van der Waals surface area (Å²) in [5.74, 6) is 0. The van der Waals surface area contributed by atoms with E-state index in [0.29, 0.717) is 11.7 Å². The Labute approximate surface area is 132 Å². The van der Waals surface area contributed by atoms with E-state index in [2.05, 4.69) is 0 Å². The molecule has 0 aliphatic rings. The Morgan fingerprint density at radius 3 is 2.27 bits per heavy atom. The van der Waals surface area contributed by atoms with Crippen LogP contribution in [0.5, 0.6) is 0 Å². The molecule has 1 heterocycles. The minimum Gasteiger partial charge on any atom is -0.327 e. The van der Waals surface area contributed by atoms with E-state index in [1.807, 2.05) is 47.0 Å². The number of nitrogens with zero attached hydrogens (tertiary/aromatic N) is 2. The summed E-state index contributed by atoms with van der Waals surface area (Å²) >= 11 is 6.28. The summed E-state index contributed by atoms with van der Waals surface area (Å²) in [7, 11) is 0. The quantitative estimate of drug-likeness (QED) is 0.515. The highest BCUT2D eigenvalue weighted by atomic mass is 35.5. The van der Waals surface area contributed by atoms with Crippen molar-refractivity contribution in [1.29, 1.82) is 0 Å². The summed E-state index contributed by atoms with van der Waals surface area (Å²) in [5.41, 5.74) is 3.05. The first-order valence-corrected chi connectivity index (χ1v) is 7.17. The zero-order valence-electron chi connectivity index (χ0n) is 11.6. The van der Waals surface area contributed by atoms with Gasteiger partial charge in [-0.05, 0) is 35.4 Å². The van der Waals surface area contributed by atoms with Gasteiger partial charge in [0.15, 0.2) is 0 Å². The van der Waals surface area contributed by atoms with Crippen LogP contribution in [-0.4, -0.2) is 9.49 Å². The molecule has 0 saturated heterocycles. The molecule has 0 unspecified atom stereocenters. The summed E-state index contributed by atoms with van der Waals surface area (Å²) < 4.78 is 1.98. The fraction of sp³-hybridized carbons (Fsp3) is 0.0588. The van der Waals surface area contributed by atoms with Crippen molar-refractivity contribution in [3.63, 3.8) is 0 Å². The Balaban J connectivity index is 1.96. The molecule has 5 heteroatoms. The van der Waals surface area contributed by atoms with Crippen LogP contribution >= 0.6 is 11.6 Å². The van der Waals surface area contributed by atoms with Gasteiger partial charge < -0.3 is 4.57 Å². The van der Waals surface area contributed by atoms with Gasteiger partial charge in [-0.2, -0.15) is 0 Å². The van der Waals surface area contributed by atoms with Crippen LogP contribution in [0.2, 0.25) is 5.15 Å². The van der Waals surface area contributed by atoms with E-state index in [9.17, 15) is 10.1 Å². The Morgan fingerprint density at radius 2 is 1.64 bits per heavy atom. The molecular formula is C17H13ClN2O2. The first-order valence-electron chi connectivity index (χ1n) is 6.79. The van der Waals surface area contributed by atoms with Crippen LogP contribution in [0, 0.1) is 10.1 Å². The number of nitro benzene ring substituents is 1. The molecule has 2 aromatic carbocycles. The summed E-state index contributed by atoms with van der Waals surface area (Å²) in [6.45, 7) is 0.652. The molecule has 0 spiro atoms. The fourth-order valence-electron chi connectivity index (χ4n) is 2.38. The maximum absolute atomic E-state index is 10.7. The molecule has 0 atom stereocenters. The number of aromatic nitrogens is 1. The van der Waals surface area contributed by atoms with Gasteiger partial charge in [0.2, 0.25) is 0 Å². The molecule has 4 nitrogen and oxygen atoms in total. The van der Waals surface area contributed by atoms with Gasteiger partial charge in [-0.1, -0.05) is 41.9 Å². The number of hydrogen-bond donors (Lipinski definition) is 0. The minimum atomic E-state index is -0.403. The largest absolute Gasteiger partial charge is 0.327 e. The average Bonchev–Trinajstić information content (AvgIpc) is 2.89. The van der Waals surface area contributed by atoms with Crippen molar-refractivity contribution in [3.8, 4) is 11.3 Å². The third-order valence-corrected chi connectivity index (χ3v) is 3.81. The van der Waals surface area contributed by atoms with Crippen LogP contribution < -0.4 is 0 Å². The van der Waals surface area contributed by atoms with Crippen molar-refractivity contribution < 1.29 is 4.92 Å². The molecule has 0 fully saturated rings. The fourth-order valence-corrected chi connectivity index (χ4v) is 2.59. The third-order valence-electron chi connectivity index (χ3n) is 3.48. The van der Waals surface area contributed by atoms with E-state index in [1.54, 1.807) is 12.1 Å². The topological polar surface area (TPSA) is 48.1 Å². The first kappa shape index (κ1) is 14.4. The SMILES string of the molecule is O=[N+]([O-])c1ccc(-c2ccc(Cl)n2Cc2ccccc2)cc1. The predicted octanol–water partition coefficient (Wildman–Crippen LogP) is 4.77. The summed E-state index contributed by atoms with van der Waals surface area (Å²) in [4.78, 5) is 10.3. The molecule has 0 radical (unpaired) electrons. The van der Waals surface area contributed by atoms with Gasteiger partial charge in [0.25, 0.3) is 5.69 Å². The highest BCUT2D eigenvalue weighted by Gasteiger charge is 2.11. The molecule has 110 valence electrons. The smallest absolute Gasteiger partial charge is 0.269 e. The second-order valence-corrected chi connectivity index (χ2v) is 5.30. The molecule has 0 saturated carbocycles. The Hall–Kier alpha value is -2.59. The lowest BCUT2D eigenvalue weighted by atomic mass is 10.1. The standard InChI is InChI=1S/C17H13ClN2O2/c18-17-11-10-16(14-6-8-15(9-7-14)20(21)22)19(17)12-13-4-2-1-3-5-13/h1-11H,12H2. The predicted molar refractivity (Wildman–Crippen MR) is 87.1 cm³/mol. The lowest BCUT2D eigenvalue weighted by Crippen LogP contribution is -2.01. The highest BCUT2D eigenvalue weighted by molar-refractivity contribution is 6.30. The Kier molecular flexibility index (Phi) is 3.94. The second kappa shape index (κ2) is 6.03. The van der Waals surface area contributed by atoms with Gasteiger partial charge in [-0.3, -0.25) is 10.1 Å². The number of nitro groups is 1. The minimum absolute atomic E-state index is 0.0796. The molecule has 1 aromatic heterocycles. The van der Waals surface area contributed by atoms with Gasteiger partial charge in [-0.15, -0.1) is 0 Å². The van der Waals surface area contributed by atoms with Gasteiger partial charge in [-0.25, -0.2) is 0 Å². The zero-order valence-corrected chi connectivity index (χ0v) is 12.4. The molecule has 0 aliphatic heterocycles. The third kappa shape index (κ3) is 2.87. The van der Waals surface area contributed by atoms with Gasteiger partial charge >= 0.3 is 0 Å². The van der Waals surface area contributed by atoms with E-state index in [4.69, 9.17) is 11.6 Å². The van der Waals surface area contributed by atoms with Crippen LogP contribution in [0.3, 0.4) is 0 Å². The maximum Gasteiger partial charge on any atom is 0.269 e. The second-order valence-electron chi connectivity index (χ2n) is 4.92. The van der Waals surface area contributed by atoms with Crippen molar-refractivity contribution in [2.24, 2.45) is 0 Å². The summed E-state index contributed by atoms with van der Waals surface area (Å²) in [6, 6.07) is 20.3. The number of halogens is 1. The normalized spacial score (nSPS) is 10.6. The molecule has 0 aliphatic carbocycles. The molecule has 0 N–H and O–H groups in total. The number of benzene rings is 2. The van der Waals surface area contributed by atoms with Crippen LogP contribution in [0.4, 0.5) is 5.69 Å². The van der Waals surface area contributed by atoms with E-state index < -0.39 is 4.92 Å². The molecule has 22 heavy (non-hydrogen) atoms. The van der Waals surface area contributed by atoms with E-state index in [0.717, 1.165) is 16.8 Å². The Bertz CT molecular complexity index is 795. The Morgan fingerprint density at radius 1 is 0.955 bits per heavy atom. The average molecular weight is 313 g/mol. The van der Waals surface area contributed by atoms with E-state index >= 15 is 0 Å². The van der Waals surface area contributed by atoms with Crippen molar-refractivity contribution in [1.82, 2.24) is 4.57 Å². The van der Waals surface area contributed by atoms with Gasteiger partial charge in [0, 0.05) is 24.4 Å². The van der Waals surface area contributed by atoms with Crippen molar-refractivity contribution in [3.05, 3.63) is 87.6 Å². The molecule has 0 amide bonds. The van der Waals surface area contributed by atoms with Crippen LogP contribution in [0.1, 0.15) is 5.56 Å². The lowest BCUT2D eigenvalue weighted by Gasteiger charge is -2.11. The molecule has 3 aromatic rings. The maximum atomic E-state index is 10.7. The zero-order chi connectivity index (χ0) is 15.5. The number of hydrogen-bond acceptors (Lipinski definition) is 2. The van der Waals surface area contributed by atoms with E-state index in [1.165, 1.54) is 12.1 Å². The van der Waals surface area contributed by atoms with Gasteiger partial charge in [0.05, 0.1) is 4.92 Å².